The van der Waals surface area contributed by atoms with E-state index in [2.05, 4.69) is 60.8 Å². The zero-order valence-corrected chi connectivity index (χ0v) is 19.0. The zero-order valence-electron chi connectivity index (χ0n) is 19.0. The van der Waals surface area contributed by atoms with Gasteiger partial charge >= 0.3 is 0 Å². The molecule has 4 heteroatoms. The first kappa shape index (κ1) is 21.2. The molecule has 1 amide bonds. The Hall–Kier alpha value is -3.66. The van der Waals surface area contributed by atoms with Crippen LogP contribution in [-0.4, -0.2) is 21.7 Å². The minimum atomic E-state index is -0.0875. The number of rotatable bonds is 5. The Labute approximate surface area is 195 Å². The van der Waals surface area contributed by atoms with E-state index in [1.807, 2.05) is 41.1 Å². The number of aryl methyl sites for hydroxylation is 1. The third-order valence-electron chi connectivity index (χ3n) is 6.42. The van der Waals surface area contributed by atoms with Crippen LogP contribution < -0.4 is 5.32 Å². The Balaban J connectivity index is 1.50. The number of carbonyl (C=O) groups excluding carboxylic acids is 1. The first-order valence-corrected chi connectivity index (χ1v) is 11.8. The number of carbonyl (C=O) groups is 1. The Morgan fingerprint density at radius 3 is 2.24 bits per heavy atom. The highest BCUT2D eigenvalue weighted by Gasteiger charge is 2.21. The summed E-state index contributed by atoms with van der Waals surface area (Å²) in [5.41, 5.74) is 6.86. The van der Waals surface area contributed by atoms with Crippen LogP contribution in [0.1, 0.15) is 48.2 Å². The number of hydrogen-bond donors (Lipinski definition) is 1. The summed E-state index contributed by atoms with van der Waals surface area (Å²) >= 11 is 0. The highest BCUT2D eigenvalue weighted by atomic mass is 16.2. The summed E-state index contributed by atoms with van der Waals surface area (Å²) < 4.78 is 1.89. The third-order valence-corrected chi connectivity index (χ3v) is 6.42. The monoisotopic (exact) mass is 435 g/mol. The molecular formula is C29H29N3O. The summed E-state index contributed by atoms with van der Waals surface area (Å²) in [5.74, 6) is -0.0875. The van der Waals surface area contributed by atoms with Crippen molar-refractivity contribution < 1.29 is 4.79 Å². The van der Waals surface area contributed by atoms with Crippen molar-refractivity contribution in [2.75, 3.05) is 0 Å². The van der Waals surface area contributed by atoms with E-state index in [9.17, 15) is 4.79 Å². The summed E-state index contributed by atoms with van der Waals surface area (Å²) in [7, 11) is 0. The van der Waals surface area contributed by atoms with Gasteiger partial charge in [0.1, 0.15) is 0 Å². The smallest absolute Gasteiger partial charge is 0.272 e. The molecule has 1 aromatic heterocycles. The maximum atomic E-state index is 13.1. The van der Waals surface area contributed by atoms with Crippen LogP contribution in [0.3, 0.4) is 0 Å². The average Bonchev–Trinajstić information content (AvgIpc) is 3.31. The predicted molar refractivity (Wildman–Crippen MR) is 134 cm³/mol. The minimum absolute atomic E-state index is 0.0875. The van der Waals surface area contributed by atoms with Crippen LogP contribution in [0.25, 0.3) is 28.1 Å². The fraction of sp³-hybridized carbons (Fsp3) is 0.241. The van der Waals surface area contributed by atoms with Gasteiger partial charge in [0.05, 0.1) is 11.4 Å². The van der Waals surface area contributed by atoms with Gasteiger partial charge in [0, 0.05) is 11.6 Å². The van der Waals surface area contributed by atoms with Crippen LogP contribution in [0.15, 0.2) is 84.9 Å². The fourth-order valence-electron chi connectivity index (χ4n) is 4.62. The van der Waals surface area contributed by atoms with Gasteiger partial charge in [0.15, 0.2) is 5.69 Å². The second kappa shape index (κ2) is 9.45. The summed E-state index contributed by atoms with van der Waals surface area (Å²) in [4.78, 5) is 13.1. The van der Waals surface area contributed by atoms with Crippen LogP contribution >= 0.6 is 0 Å². The fourth-order valence-corrected chi connectivity index (χ4v) is 4.62. The van der Waals surface area contributed by atoms with Crippen molar-refractivity contribution in [2.45, 2.75) is 45.1 Å². The maximum absolute atomic E-state index is 13.1. The lowest BCUT2D eigenvalue weighted by molar-refractivity contribution is 0.0922. The molecule has 1 aliphatic rings. The molecular weight excluding hydrogens is 406 g/mol. The maximum Gasteiger partial charge on any atom is 0.272 e. The van der Waals surface area contributed by atoms with Gasteiger partial charge < -0.3 is 5.32 Å². The van der Waals surface area contributed by atoms with E-state index >= 15 is 0 Å². The number of amides is 1. The van der Waals surface area contributed by atoms with Gasteiger partial charge in [-0.15, -0.1) is 0 Å². The molecule has 33 heavy (non-hydrogen) atoms. The van der Waals surface area contributed by atoms with Crippen molar-refractivity contribution in [2.24, 2.45) is 0 Å². The lowest BCUT2D eigenvalue weighted by atomic mass is 9.95. The second-order valence-electron chi connectivity index (χ2n) is 8.92. The van der Waals surface area contributed by atoms with E-state index in [4.69, 9.17) is 5.10 Å². The molecule has 1 N–H and O–H groups in total. The van der Waals surface area contributed by atoms with E-state index in [-0.39, 0.29) is 11.9 Å². The highest BCUT2D eigenvalue weighted by molar-refractivity contribution is 5.94. The Morgan fingerprint density at radius 1 is 0.818 bits per heavy atom. The Morgan fingerprint density at radius 2 is 1.52 bits per heavy atom. The lowest BCUT2D eigenvalue weighted by Crippen LogP contribution is -2.36. The third kappa shape index (κ3) is 4.75. The molecule has 0 bridgehead atoms. The van der Waals surface area contributed by atoms with Gasteiger partial charge in [0.25, 0.3) is 5.91 Å². The minimum Gasteiger partial charge on any atom is -0.348 e. The highest BCUT2D eigenvalue weighted by Crippen LogP contribution is 2.28. The van der Waals surface area contributed by atoms with Gasteiger partial charge in [-0.2, -0.15) is 5.10 Å². The van der Waals surface area contributed by atoms with Gasteiger partial charge in [0.2, 0.25) is 0 Å². The number of benzene rings is 3. The molecule has 4 aromatic rings. The lowest BCUT2D eigenvalue weighted by Gasteiger charge is -2.22. The first-order valence-electron chi connectivity index (χ1n) is 11.8. The molecule has 1 saturated carbocycles. The Bertz CT molecular complexity index is 1240. The number of hydrogen-bond acceptors (Lipinski definition) is 2. The van der Waals surface area contributed by atoms with Crippen molar-refractivity contribution in [1.29, 1.82) is 0 Å². The summed E-state index contributed by atoms with van der Waals surface area (Å²) in [6, 6.07) is 29.2. The summed E-state index contributed by atoms with van der Waals surface area (Å²) in [6.07, 6.45) is 5.73. The molecule has 1 heterocycles. The summed E-state index contributed by atoms with van der Waals surface area (Å²) in [6.45, 7) is 2.07. The van der Waals surface area contributed by atoms with E-state index < -0.39 is 0 Å². The molecule has 4 nitrogen and oxygen atoms in total. The van der Waals surface area contributed by atoms with E-state index in [0.29, 0.717) is 5.69 Å². The molecule has 0 aliphatic heterocycles. The van der Waals surface area contributed by atoms with Crippen molar-refractivity contribution in [3.05, 3.63) is 96.2 Å². The van der Waals surface area contributed by atoms with Crippen LogP contribution in [0.5, 0.6) is 0 Å². The quantitative estimate of drug-likeness (QED) is 0.385. The molecule has 0 saturated heterocycles. The molecule has 0 spiro atoms. The van der Waals surface area contributed by atoms with E-state index in [1.54, 1.807) is 0 Å². The molecule has 166 valence electrons. The SMILES string of the molecule is Cc1cccc(-n2nc(C(=O)NC3CCCCC3)cc2-c2ccc(-c3ccccc3)cc2)c1. The van der Waals surface area contributed by atoms with Crippen LogP contribution in [0.4, 0.5) is 0 Å². The van der Waals surface area contributed by atoms with Crippen LogP contribution in [-0.2, 0) is 0 Å². The topological polar surface area (TPSA) is 46.9 Å². The number of nitrogens with one attached hydrogen (secondary N) is 1. The van der Waals surface area contributed by atoms with Crippen molar-refractivity contribution in [3.63, 3.8) is 0 Å². The van der Waals surface area contributed by atoms with Crippen molar-refractivity contribution in [3.8, 4) is 28.1 Å². The molecule has 0 radical (unpaired) electrons. The van der Waals surface area contributed by atoms with Crippen molar-refractivity contribution >= 4 is 5.91 Å². The van der Waals surface area contributed by atoms with E-state index in [0.717, 1.165) is 40.9 Å². The van der Waals surface area contributed by atoms with Gasteiger partial charge in [-0.1, -0.05) is 86.0 Å². The molecule has 1 aliphatic carbocycles. The standard InChI is InChI=1S/C29H29N3O/c1-21-9-8-14-26(19-21)32-28(20-27(31-32)29(33)30-25-12-6-3-7-13-25)24-17-15-23(16-18-24)22-10-4-2-5-11-22/h2,4-5,8-11,14-20,25H,3,6-7,12-13H2,1H3,(H,30,33). The largest absolute Gasteiger partial charge is 0.348 e. The molecule has 3 aromatic carbocycles. The van der Waals surface area contributed by atoms with Crippen LogP contribution in [0.2, 0.25) is 0 Å². The molecule has 0 unspecified atom stereocenters. The molecule has 5 rings (SSSR count). The van der Waals surface area contributed by atoms with Gasteiger partial charge in [-0.05, 0) is 54.7 Å². The normalized spacial score (nSPS) is 14.2. The second-order valence-corrected chi connectivity index (χ2v) is 8.92. The predicted octanol–water partition coefficient (Wildman–Crippen LogP) is 6.58. The summed E-state index contributed by atoms with van der Waals surface area (Å²) in [5, 5.41) is 7.95. The number of aromatic nitrogens is 2. The average molecular weight is 436 g/mol. The number of nitrogens with zero attached hydrogens (tertiary/aromatic N) is 2. The van der Waals surface area contributed by atoms with E-state index in [1.165, 1.54) is 24.8 Å². The molecule has 0 atom stereocenters. The zero-order chi connectivity index (χ0) is 22.6. The Kier molecular flexibility index (Phi) is 6.07. The first-order chi connectivity index (χ1) is 16.2. The van der Waals surface area contributed by atoms with Gasteiger partial charge in [-0.25, -0.2) is 4.68 Å². The van der Waals surface area contributed by atoms with Gasteiger partial charge in [-0.3, -0.25) is 4.79 Å². The van der Waals surface area contributed by atoms with Crippen LogP contribution in [0, 0.1) is 6.92 Å². The van der Waals surface area contributed by atoms with Crippen molar-refractivity contribution in [1.82, 2.24) is 15.1 Å². The molecule has 1 fully saturated rings.